The Hall–Kier alpha value is -1.43. The van der Waals surface area contributed by atoms with Crippen molar-refractivity contribution in [3.63, 3.8) is 0 Å². The summed E-state index contributed by atoms with van der Waals surface area (Å²) in [5, 5.41) is 1.98. The molecule has 1 aliphatic rings. The maximum atomic E-state index is 12.8. The van der Waals surface area contributed by atoms with Gasteiger partial charge in [-0.15, -0.1) is 0 Å². The first-order chi connectivity index (χ1) is 9.96. The fraction of sp³-hybridized carbons (Fsp3) is 0.375. The van der Waals surface area contributed by atoms with Crippen molar-refractivity contribution < 1.29 is 13.2 Å². The Labute approximate surface area is 125 Å². The zero-order valence-electron chi connectivity index (χ0n) is 12.2. The molecule has 2 atom stereocenters. The maximum absolute atomic E-state index is 12.8. The predicted octanol–water partition coefficient (Wildman–Crippen LogP) is 2.64. The van der Waals surface area contributed by atoms with E-state index in [1.165, 1.54) is 4.31 Å². The van der Waals surface area contributed by atoms with Crippen LogP contribution in [-0.4, -0.2) is 38.0 Å². The largest absolute Gasteiger partial charge is 0.373 e. The van der Waals surface area contributed by atoms with E-state index in [0.717, 1.165) is 10.8 Å². The van der Waals surface area contributed by atoms with Crippen molar-refractivity contribution >= 4 is 20.8 Å². The molecule has 1 fully saturated rings. The molecule has 1 heterocycles. The van der Waals surface area contributed by atoms with E-state index in [1.54, 1.807) is 12.1 Å². The molecule has 3 rings (SSSR count). The molecule has 112 valence electrons. The van der Waals surface area contributed by atoms with Crippen LogP contribution < -0.4 is 0 Å². The van der Waals surface area contributed by atoms with Crippen LogP contribution in [-0.2, 0) is 14.8 Å². The van der Waals surface area contributed by atoms with E-state index in [-0.39, 0.29) is 12.2 Å². The lowest BCUT2D eigenvalue weighted by atomic mass is 10.1. The van der Waals surface area contributed by atoms with Crippen LogP contribution in [0.2, 0.25) is 0 Å². The van der Waals surface area contributed by atoms with Gasteiger partial charge in [-0.05, 0) is 36.8 Å². The van der Waals surface area contributed by atoms with Gasteiger partial charge in [-0.25, -0.2) is 8.42 Å². The lowest BCUT2D eigenvalue weighted by molar-refractivity contribution is -0.0440. The number of nitrogens with zero attached hydrogens (tertiary/aromatic N) is 1. The standard InChI is InChI=1S/C16H19NO3S/c1-12-10-17(11-13(2)20-12)21(18,19)16-8-7-14-5-3-4-6-15(14)9-16/h3-9,12-13H,10-11H2,1-2H3/t12-,13-/m1/s1. The van der Waals surface area contributed by atoms with E-state index in [2.05, 4.69) is 0 Å². The minimum absolute atomic E-state index is 0.0796. The first-order valence-corrected chi connectivity index (χ1v) is 8.55. The van der Waals surface area contributed by atoms with Crippen LogP contribution >= 0.6 is 0 Å². The van der Waals surface area contributed by atoms with Crippen LogP contribution in [0.15, 0.2) is 47.4 Å². The van der Waals surface area contributed by atoms with Crippen molar-refractivity contribution in [3.8, 4) is 0 Å². The molecule has 2 aromatic carbocycles. The Morgan fingerprint density at radius 1 is 1.00 bits per heavy atom. The summed E-state index contributed by atoms with van der Waals surface area (Å²) in [6.07, 6.45) is -0.159. The predicted molar refractivity (Wildman–Crippen MR) is 82.7 cm³/mol. The van der Waals surface area contributed by atoms with Crippen LogP contribution in [0.3, 0.4) is 0 Å². The molecule has 2 aromatic rings. The Morgan fingerprint density at radius 3 is 2.29 bits per heavy atom. The maximum Gasteiger partial charge on any atom is 0.243 e. The van der Waals surface area contributed by atoms with E-state index >= 15 is 0 Å². The second kappa shape index (κ2) is 5.40. The molecule has 0 amide bonds. The Morgan fingerprint density at radius 2 is 1.62 bits per heavy atom. The quantitative estimate of drug-likeness (QED) is 0.857. The molecule has 4 nitrogen and oxygen atoms in total. The van der Waals surface area contributed by atoms with Gasteiger partial charge in [0.2, 0.25) is 10.0 Å². The average molecular weight is 305 g/mol. The monoisotopic (exact) mass is 305 g/mol. The van der Waals surface area contributed by atoms with E-state index < -0.39 is 10.0 Å². The number of hydrogen-bond acceptors (Lipinski definition) is 3. The molecule has 0 bridgehead atoms. The van der Waals surface area contributed by atoms with Gasteiger partial charge in [0.15, 0.2) is 0 Å². The summed E-state index contributed by atoms with van der Waals surface area (Å²) in [4.78, 5) is 0.350. The summed E-state index contributed by atoms with van der Waals surface area (Å²) in [5.74, 6) is 0. The number of sulfonamides is 1. The molecule has 0 N–H and O–H groups in total. The van der Waals surface area contributed by atoms with Crippen molar-refractivity contribution in [1.82, 2.24) is 4.31 Å². The fourth-order valence-corrected chi connectivity index (χ4v) is 4.43. The van der Waals surface area contributed by atoms with Gasteiger partial charge in [0.1, 0.15) is 0 Å². The third kappa shape index (κ3) is 2.81. The molecule has 1 saturated heterocycles. The molecule has 0 radical (unpaired) electrons. The summed E-state index contributed by atoms with van der Waals surface area (Å²) >= 11 is 0. The van der Waals surface area contributed by atoms with E-state index in [4.69, 9.17) is 4.74 Å². The van der Waals surface area contributed by atoms with Gasteiger partial charge in [-0.2, -0.15) is 4.31 Å². The SMILES string of the molecule is C[C@@H]1CN(S(=O)(=O)c2ccc3ccccc3c2)C[C@@H](C)O1. The van der Waals surface area contributed by atoms with Gasteiger partial charge in [0.05, 0.1) is 17.1 Å². The minimum atomic E-state index is -3.47. The molecular formula is C16H19NO3S. The molecule has 21 heavy (non-hydrogen) atoms. The van der Waals surface area contributed by atoms with Crippen LogP contribution in [0, 0.1) is 0 Å². The Bertz CT molecular complexity index is 747. The number of ether oxygens (including phenoxy) is 1. The first kappa shape index (κ1) is 14.5. The van der Waals surface area contributed by atoms with Gasteiger partial charge < -0.3 is 4.74 Å². The van der Waals surface area contributed by atoms with Gasteiger partial charge in [0, 0.05) is 13.1 Å². The summed E-state index contributed by atoms with van der Waals surface area (Å²) in [5.41, 5.74) is 0. The molecule has 0 aliphatic carbocycles. The number of morpholine rings is 1. The van der Waals surface area contributed by atoms with E-state index in [0.29, 0.717) is 18.0 Å². The summed E-state index contributed by atoms with van der Waals surface area (Å²) < 4.78 is 32.7. The first-order valence-electron chi connectivity index (χ1n) is 7.11. The molecule has 0 spiro atoms. The lowest BCUT2D eigenvalue weighted by Crippen LogP contribution is -2.48. The van der Waals surface area contributed by atoms with Crippen molar-refractivity contribution in [2.45, 2.75) is 31.0 Å². The summed E-state index contributed by atoms with van der Waals surface area (Å²) in [6.45, 7) is 4.61. The molecule has 5 heteroatoms. The smallest absolute Gasteiger partial charge is 0.243 e. The van der Waals surface area contributed by atoms with Crippen molar-refractivity contribution in [3.05, 3.63) is 42.5 Å². The van der Waals surface area contributed by atoms with Crippen LogP contribution in [0.25, 0.3) is 10.8 Å². The van der Waals surface area contributed by atoms with Crippen LogP contribution in [0.1, 0.15) is 13.8 Å². The molecular weight excluding hydrogens is 286 g/mol. The van der Waals surface area contributed by atoms with Crippen LogP contribution in [0.4, 0.5) is 0 Å². The number of fused-ring (bicyclic) bond motifs is 1. The van der Waals surface area contributed by atoms with Crippen LogP contribution in [0.5, 0.6) is 0 Å². The molecule has 0 aromatic heterocycles. The van der Waals surface area contributed by atoms with Gasteiger partial charge >= 0.3 is 0 Å². The van der Waals surface area contributed by atoms with Gasteiger partial charge in [-0.1, -0.05) is 30.3 Å². The number of benzene rings is 2. The van der Waals surface area contributed by atoms with Crippen molar-refractivity contribution in [2.75, 3.05) is 13.1 Å². The highest BCUT2D eigenvalue weighted by molar-refractivity contribution is 7.89. The third-order valence-corrected chi connectivity index (χ3v) is 5.57. The second-order valence-electron chi connectivity index (χ2n) is 5.59. The Kier molecular flexibility index (Phi) is 3.73. The second-order valence-corrected chi connectivity index (χ2v) is 7.53. The topological polar surface area (TPSA) is 46.6 Å². The fourth-order valence-electron chi connectivity index (χ4n) is 2.80. The molecule has 0 saturated carbocycles. The zero-order valence-corrected chi connectivity index (χ0v) is 13.0. The Balaban J connectivity index is 1.99. The molecule has 0 unspecified atom stereocenters. The van der Waals surface area contributed by atoms with E-state index in [1.807, 2.05) is 44.2 Å². The summed E-state index contributed by atoms with van der Waals surface area (Å²) in [7, 11) is -3.47. The lowest BCUT2D eigenvalue weighted by Gasteiger charge is -2.34. The average Bonchev–Trinajstić information content (AvgIpc) is 2.45. The number of rotatable bonds is 2. The normalized spacial score (nSPS) is 24.3. The number of hydrogen-bond donors (Lipinski definition) is 0. The highest BCUT2D eigenvalue weighted by Crippen LogP contribution is 2.24. The van der Waals surface area contributed by atoms with Gasteiger partial charge in [-0.3, -0.25) is 0 Å². The minimum Gasteiger partial charge on any atom is -0.373 e. The van der Waals surface area contributed by atoms with E-state index in [9.17, 15) is 8.42 Å². The zero-order chi connectivity index (χ0) is 15.0. The third-order valence-electron chi connectivity index (χ3n) is 3.74. The van der Waals surface area contributed by atoms with Gasteiger partial charge in [0.25, 0.3) is 0 Å². The van der Waals surface area contributed by atoms with Crippen molar-refractivity contribution in [2.24, 2.45) is 0 Å². The van der Waals surface area contributed by atoms with Crippen molar-refractivity contribution in [1.29, 1.82) is 0 Å². The summed E-state index contributed by atoms with van der Waals surface area (Å²) in [6, 6.07) is 13.1. The highest BCUT2D eigenvalue weighted by Gasteiger charge is 2.32. The highest BCUT2D eigenvalue weighted by atomic mass is 32.2. The molecule has 1 aliphatic heterocycles.